The zero-order valence-corrected chi connectivity index (χ0v) is 11.5. The fourth-order valence-corrected chi connectivity index (χ4v) is 2.34. The van der Waals surface area contributed by atoms with Crippen molar-refractivity contribution < 1.29 is 0 Å². The van der Waals surface area contributed by atoms with Crippen LogP contribution in [0.25, 0.3) is 0 Å². The summed E-state index contributed by atoms with van der Waals surface area (Å²) >= 11 is 0. The Bertz CT molecular complexity index is 258. The Balaban J connectivity index is 2.46. The first kappa shape index (κ1) is 14.2. The molecule has 0 aromatic carbocycles. The maximum Gasteiger partial charge on any atom is 0.0434 e. The van der Waals surface area contributed by atoms with Crippen molar-refractivity contribution in [3.8, 4) is 0 Å². The Hall–Kier alpha value is -0.850. The summed E-state index contributed by atoms with van der Waals surface area (Å²) in [5, 5.41) is 0. The molecule has 1 rings (SSSR count). The van der Waals surface area contributed by atoms with Crippen LogP contribution in [0.15, 0.2) is 24.4 Å². The van der Waals surface area contributed by atoms with Crippen molar-refractivity contribution in [3.63, 3.8) is 0 Å². The Kier molecular flexibility index (Phi) is 7.70. The first-order chi connectivity index (χ1) is 8.38. The van der Waals surface area contributed by atoms with Gasteiger partial charge in [0.1, 0.15) is 0 Å². The molecule has 1 heteroatoms. The molecule has 0 amide bonds. The van der Waals surface area contributed by atoms with Crippen LogP contribution in [0.5, 0.6) is 0 Å². The molecule has 1 aromatic rings. The molecule has 1 heterocycles. The molecule has 0 N–H and O–H groups in total. The van der Waals surface area contributed by atoms with Gasteiger partial charge >= 0.3 is 0 Å². The molecular weight excluding hydrogens is 206 g/mol. The minimum atomic E-state index is 0.689. The number of rotatable bonds is 9. The van der Waals surface area contributed by atoms with E-state index in [0.717, 1.165) is 0 Å². The molecule has 17 heavy (non-hydrogen) atoms. The van der Waals surface area contributed by atoms with Gasteiger partial charge in [-0.3, -0.25) is 4.98 Å². The summed E-state index contributed by atoms with van der Waals surface area (Å²) in [5.74, 6) is 0.689. The highest BCUT2D eigenvalue weighted by Crippen LogP contribution is 2.26. The molecule has 1 nitrogen and oxygen atoms in total. The van der Waals surface area contributed by atoms with Gasteiger partial charge in [0.2, 0.25) is 0 Å². The standard InChI is InChI=1S/C16H27N/c1-3-5-7-11-15(12-8-6-4-2)16-13-9-10-14-17-16/h9-10,13-15H,3-8,11-12H2,1-2H3. The summed E-state index contributed by atoms with van der Waals surface area (Å²) in [6.07, 6.45) is 12.6. The van der Waals surface area contributed by atoms with Gasteiger partial charge in [-0.1, -0.05) is 58.4 Å². The maximum absolute atomic E-state index is 4.54. The van der Waals surface area contributed by atoms with Gasteiger partial charge < -0.3 is 0 Å². The lowest BCUT2D eigenvalue weighted by Gasteiger charge is -2.16. The van der Waals surface area contributed by atoms with Crippen molar-refractivity contribution in [1.29, 1.82) is 0 Å². The monoisotopic (exact) mass is 233 g/mol. The van der Waals surface area contributed by atoms with Crippen molar-refractivity contribution in [2.75, 3.05) is 0 Å². The molecule has 0 aliphatic rings. The Morgan fingerprint density at radius 2 is 1.59 bits per heavy atom. The number of pyridine rings is 1. The summed E-state index contributed by atoms with van der Waals surface area (Å²) in [7, 11) is 0. The van der Waals surface area contributed by atoms with Crippen molar-refractivity contribution >= 4 is 0 Å². The third-order valence-corrected chi connectivity index (χ3v) is 3.42. The lowest BCUT2D eigenvalue weighted by Crippen LogP contribution is -2.01. The second kappa shape index (κ2) is 9.21. The Morgan fingerprint density at radius 3 is 2.06 bits per heavy atom. The average Bonchev–Trinajstić information content (AvgIpc) is 2.38. The predicted molar refractivity (Wildman–Crippen MR) is 75.3 cm³/mol. The SMILES string of the molecule is CCCCCC(CCCCC)c1ccccn1. The second-order valence-corrected chi connectivity index (χ2v) is 4.94. The van der Waals surface area contributed by atoms with Gasteiger partial charge in [-0.05, 0) is 25.0 Å². The fourth-order valence-electron chi connectivity index (χ4n) is 2.34. The molecule has 0 atom stereocenters. The second-order valence-electron chi connectivity index (χ2n) is 4.94. The molecule has 0 saturated heterocycles. The van der Waals surface area contributed by atoms with E-state index in [1.54, 1.807) is 0 Å². The van der Waals surface area contributed by atoms with E-state index in [0.29, 0.717) is 5.92 Å². The largest absolute Gasteiger partial charge is 0.261 e. The quantitative estimate of drug-likeness (QED) is 0.526. The molecule has 0 unspecified atom stereocenters. The molecule has 0 fully saturated rings. The number of hydrogen-bond donors (Lipinski definition) is 0. The molecule has 0 saturated carbocycles. The molecular formula is C16H27N. The van der Waals surface area contributed by atoms with Crippen molar-refractivity contribution in [3.05, 3.63) is 30.1 Å². The minimum absolute atomic E-state index is 0.689. The number of aromatic nitrogens is 1. The van der Waals surface area contributed by atoms with E-state index in [2.05, 4.69) is 31.0 Å². The van der Waals surface area contributed by atoms with Crippen LogP contribution in [0.3, 0.4) is 0 Å². The van der Waals surface area contributed by atoms with Gasteiger partial charge in [0.15, 0.2) is 0 Å². The Labute approximate surface area is 107 Å². The van der Waals surface area contributed by atoms with Gasteiger partial charge in [0, 0.05) is 17.8 Å². The highest BCUT2D eigenvalue weighted by Gasteiger charge is 2.11. The number of hydrogen-bond acceptors (Lipinski definition) is 1. The Morgan fingerprint density at radius 1 is 0.941 bits per heavy atom. The van der Waals surface area contributed by atoms with E-state index >= 15 is 0 Å². The maximum atomic E-state index is 4.54. The molecule has 0 aliphatic heterocycles. The smallest absolute Gasteiger partial charge is 0.0434 e. The average molecular weight is 233 g/mol. The van der Waals surface area contributed by atoms with Gasteiger partial charge in [0.25, 0.3) is 0 Å². The van der Waals surface area contributed by atoms with Crippen LogP contribution in [0, 0.1) is 0 Å². The lowest BCUT2D eigenvalue weighted by atomic mass is 9.92. The lowest BCUT2D eigenvalue weighted by molar-refractivity contribution is 0.498. The number of unbranched alkanes of at least 4 members (excludes halogenated alkanes) is 4. The van der Waals surface area contributed by atoms with Crippen LogP contribution in [-0.2, 0) is 0 Å². The van der Waals surface area contributed by atoms with Crippen LogP contribution in [0.2, 0.25) is 0 Å². The topological polar surface area (TPSA) is 12.9 Å². The molecule has 0 aliphatic carbocycles. The zero-order valence-electron chi connectivity index (χ0n) is 11.5. The van der Waals surface area contributed by atoms with Crippen LogP contribution in [0.4, 0.5) is 0 Å². The van der Waals surface area contributed by atoms with Gasteiger partial charge in [0.05, 0.1) is 0 Å². The zero-order chi connectivity index (χ0) is 12.3. The van der Waals surface area contributed by atoms with Crippen LogP contribution < -0.4 is 0 Å². The van der Waals surface area contributed by atoms with Gasteiger partial charge in [-0.15, -0.1) is 0 Å². The third-order valence-electron chi connectivity index (χ3n) is 3.42. The fraction of sp³-hybridized carbons (Fsp3) is 0.688. The molecule has 0 spiro atoms. The highest BCUT2D eigenvalue weighted by molar-refractivity contribution is 5.09. The van der Waals surface area contributed by atoms with E-state index in [1.807, 2.05) is 12.3 Å². The summed E-state index contributed by atoms with van der Waals surface area (Å²) < 4.78 is 0. The van der Waals surface area contributed by atoms with Crippen LogP contribution in [-0.4, -0.2) is 4.98 Å². The number of nitrogens with zero attached hydrogens (tertiary/aromatic N) is 1. The van der Waals surface area contributed by atoms with Gasteiger partial charge in [-0.25, -0.2) is 0 Å². The summed E-state index contributed by atoms with van der Waals surface area (Å²) in [4.78, 5) is 4.54. The molecule has 0 bridgehead atoms. The highest BCUT2D eigenvalue weighted by atomic mass is 14.7. The van der Waals surface area contributed by atoms with Crippen molar-refractivity contribution in [2.45, 2.75) is 71.1 Å². The van der Waals surface area contributed by atoms with Crippen molar-refractivity contribution in [2.24, 2.45) is 0 Å². The normalized spacial score (nSPS) is 11.0. The summed E-state index contributed by atoms with van der Waals surface area (Å²) in [5.41, 5.74) is 1.31. The van der Waals surface area contributed by atoms with E-state index in [1.165, 1.54) is 57.1 Å². The van der Waals surface area contributed by atoms with E-state index in [9.17, 15) is 0 Å². The third kappa shape index (κ3) is 5.86. The molecule has 1 aromatic heterocycles. The first-order valence-corrected chi connectivity index (χ1v) is 7.29. The molecule has 96 valence electrons. The van der Waals surface area contributed by atoms with Crippen molar-refractivity contribution in [1.82, 2.24) is 4.98 Å². The van der Waals surface area contributed by atoms with Crippen LogP contribution in [0.1, 0.15) is 76.8 Å². The van der Waals surface area contributed by atoms with E-state index in [-0.39, 0.29) is 0 Å². The van der Waals surface area contributed by atoms with Gasteiger partial charge in [-0.2, -0.15) is 0 Å². The summed E-state index contributed by atoms with van der Waals surface area (Å²) in [6, 6.07) is 6.33. The predicted octanol–water partition coefficient (Wildman–Crippen LogP) is 5.33. The minimum Gasteiger partial charge on any atom is -0.261 e. The molecule has 0 radical (unpaired) electrons. The van der Waals surface area contributed by atoms with E-state index in [4.69, 9.17) is 0 Å². The first-order valence-electron chi connectivity index (χ1n) is 7.29. The summed E-state index contributed by atoms with van der Waals surface area (Å²) in [6.45, 7) is 4.54. The van der Waals surface area contributed by atoms with E-state index < -0.39 is 0 Å². The van der Waals surface area contributed by atoms with Crippen LogP contribution >= 0.6 is 0 Å².